The molecule has 0 spiro atoms. The van der Waals surface area contributed by atoms with Crippen molar-refractivity contribution >= 4 is 11.2 Å². The fourth-order valence-corrected chi connectivity index (χ4v) is 1.26. The van der Waals surface area contributed by atoms with Crippen LogP contribution in [0.15, 0.2) is 31.0 Å². The molecule has 0 aliphatic carbocycles. The highest BCUT2D eigenvalue weighted by Crippen LogP contribution is 2.00. The lowest BCUT2D eigenvalue weighted by Gasteiger charge is -1.87. The fourth-order valence-electron chi connectivity index (χ4n) is 1.26. The minimum atomic E-state index is 0.714. The van der Waals surface area contributed by atoms with Gasteiger partial charge in [-0.05, 0) is 0 Å². The summed E-state index contributed by atoms with van der Waals surface area (Å²) in [6.07, 6.45) is 7.02. The highest BCUT2D eigenvalue weighted by molar-refractivity contribution is 5.66. The maximum atomic E-state index is 4.20. The standard InChI is InChI=1S/C7H5N5/c1-2-11-6-4-8-5-9-7(6)10-12(11)3-1/h1-5H. The Hall–Kier alpha value is -1.91. The third-order valence-electron chi connectivity index (χ3n) is 1.78. The van der Waals surface area contributed by atoms with E-state index in [1.807, 2.05) is 23.0 Å². The van der Waals surface area contributed by atoms with E-state index in [-0.39, 0.29) is 0 Å². The number of hydrogen-bond donors (Lipinski definition) is 0. The molecular weight excluding hydrogens is 154 g/mol. The second-order valence-corrected chi connectivity index (χ2v) is 2.49. The van der Waals surface area contributed by atoms with Crippen LogP contribution >= 0.6 is 0 Å². The van der Waals surface area contributed by atoms with Gasteiger partial charge in [0.05, 0.1) is 11.2 Å². The molecule has 3 heterocycles. The van der Waals surface area contributed by atoms with Crippen molar-refractivity contribution in [1.82, 2.24) is 19.6 Å². The summed E-state index contributed by atoms with van der Waals surface area (Å²) < 4.78 is 3.61. The van der Waals surface area contributed by atoms with E-state index in [0.717, 1.165) is 5.52 Å². The zero-order chi connectivity index (χ0) is 7.97. The van der Waals surface area contributed by atoms with Gasteiger partial charge in [-0.3, -0.25) is 4.98 Å². The molecule has 3 aromatic heterocycles. The number of aromatic nitrogens is 5. The summed E-state index contributed by atoms with van der Waals surface area (Å²) in [6.45, 7) is 0. The normalized spacial score (nSPS) is 11.3. The van der Waals surface area contributed by atoms with Gasteiger partial charge < -0.3 is 4.98 Å². The second-order valence-electron chi connectivity index (χ2n) is 2.49. The van der Waals surface area contributed by atoms with Crippen LogP contribution in [-0.2, 0) is 0 Å². The minimum absolute atomic E-state index is 0.714. The molecule has 3 aromatic rings. The Morgan fingerprint density at radius 2 is 2.50 bits per heavy atom. The molecule has 0 atom stereocenters. The molecular formula is C7H5N5. The average Bonchev–Trinajstić information content (AvgIpc) is 2.62. The lowest BCUT2D eigenvalue weighted by atomic mass is 10.5. The van der Waals surface area contributed by atoms with Gasteiger partial charge in [-0.15, -0.1) is 5.10 Å². The predicted molar refractivity (Wildman–Crippen MR) is 39.5 cm³/mol. The first-order chi connectivity index (χ1) is 5.95. The predicted octanol–water partition coefficient (Wildman–Crippen LogP) is -0.575. The number of nitrogens with zero attached hydrogens (tertiary/aromatic N) is 5. The largest absolute Gasteiger partial charge is 0.345 e. The number of rotatable bonds is 0. The first-order valence-corrected chi connectivity index (χ1v) is 3.57. The first-order valence-electron chi connectivity index (χ1n) is 3.57. The van der Waals surface area contributed by atoms with E-state index < -0.39 is 0 Å². The van der Waals surface area contributed by atoms with E-state index in [1.54, 1.807) is 10.8 Å². The molecule has 0 unspecified atom stereocenters. The molecule has 0 aromatic carbocycles. The molecule has 0 saturated carbocycles. The topological polar surface area (TPSA) is 48.4 Å². The average molecular weight is 159 g/mol. The molecule has 3 rings (SSSR count). The summed E-state index contributed by atoms with van der Waals surface area (Å²) in [5, 5.41) is 4.20. The van der Waals surface area contributed by atoms with Gasteiger partial charge in [0.15, 0.2) is 0 Å². The van der Waals surface area contributed by atoms with Crippen molar-refractivity contribution in [2.45, 2.75) is 0 Å². The van der Waals surface area contributed by atoms with Gasteiger partial charge in [-0.1, -0.05) is 4.63 Å². The smallest absolute Gasteiger partial charge is 0.203 e. The van der Waals surface area contributed by atoms with Crippen molar-refractivity contribution in [2.24, 2.45) is 0 Å². The Labute approximate surface area is 67.3 Å². The first kappa shape index (κ1) is 5.70. The Balaban J connectivity index is 2.68. The molecule has 0 amide bonds. The lowest BCUT2D eigenvalue weighted by Crippen LogP contribution is -2.28. The van der Waals surface area contributed by atoms with E-state index in [4.69, 9.17) is 0 Å². The van der Waals surface area contributed by atoms with Crippen LogP contribution in [0.25, 0.3) is 11.2 Å². The van der Waals surface area contributed by atoms with Crippen molar-refractivity contribution < 1.29 is 4.63 Å². The van der Waals surface area contributed by atoms with Crippen molar-refractivity contribution in [2.75, 3.05) is 0 Å². The van der Waals surface area contributed by atoms with Gasteiger partial charge in [0.1, 0.15) is 0 Å². The summed E-state index contributed by atoms with van der Waals surface area (Å²) >= 11 is 0. The van der Waals surface area contributed by atoms with E-state index >= 15 is 0 Å². The monoisotopic (exact) mass is 159 g/mol. The molecule has 5 heteroatoms. The summed E-state index contributed by atoms with van der Waals surface area (Å²) in [6, 6.07) is 1.92. The van der Waals surface area contributed by atoms with Crippen molar-refractivity contribution in [3.63, 3.8) is 0 Å². The third kappa shape index (κ3) is 0.554. The Morgan fingerprint density at radius 3 is 3.50 bits per heavy atom. The SMILES string of the molecule is c1cn2c3cncnc3[n-][n+]2c1. The van der Waals surface area contributed by atoms with Gasteiger partial charge >= 0.3 is 0 Å². The van der Waals surface area contributed by atoms with E-state index in [1.165, 1.54) is 6.33 Å². The molecule has 12 heavy (non-hydrogen) atoms. The molecule has 0 aliphatic heterocycles. The summed E-state index contributed by atoms with van der Waals surface area (Å²) in [5.74, 6) is 0. The van der Waals surface area contributed by atoms with Crippen LogP contribution in [0.1, 0.15) is 0 Å². The van der Waals surface area contributed by atoms with E-state index in [2.05, 4.69) is 15.1 Å². The zero-order valence-corrected chi connectivity index (χ0v) is 6.12. The summed E-state index contributed by atoms with van der Waals surface area (Å²) in [4.78, 5) is 7.96. The van der Waals surface area contributed by atoms with Crippen molar-refractivity contribution in [3.05, 3.63) is 31.0 Å². The van der Waals surface area contributed by atoms with Crippen molar-refractivity contribution in [1.29, 1.82) is 0 Å². The molecule has 0 radical (unpaired) electrons. The highest BCUT2D eigenvalue weighted by atomic mass is 15.5. The maximum Gasteiger partial charge on any atom is 0.203 e. The fraction of sp³-hybridized carbons (Fsp3) is 0. The van der Waals surface area contributed by atoms with Gasteiger partial charge in [0, 0.05) is 24.8 Å². The molecule has 0 saturated heterocycles. The molecule has 5 nitrogen and oxygen atoms in total. The van der Waals surface area contributed by atoms with Crippen molar-refractivity contribution in [3.8, 4) is 0 Å². The Kier molecular flexibility index (Phi) is 0.864. The highest BCUT2D eigenvalue weighted by Gasteiger charge is 2.01. The summed E-state index contributed by atoms with van der Waals surface area (Å²) in [5.41, 5.74) is 1.63. The molecule has 0 aliphatic rings. The Morgan fingerprint density at radius 1 is 1.50 bits per heavy atom. The molecule has 0 bridgehead atoms. The number of fused-ring (bicyclic) bond motifs is 3. The van der Waals surface area contributed by atoms with E-state index in [9.17, 15) is 0 Å². The van der Waals surface area contributed by atoms with Gasteiger partial charge in [0.2, 0.25) is 6.20 Å². The van der Waals surface area contributed by atoms with Gasteiger partial charge in [-0.2, -0.15) is 4.52 Å². The summed E-state index contributed by atoms with van der Waals surface area (Å²) in [7, 11) is 0. The minimum Gasteiger partial charge on any atom is -0.345 e. The molecule has 0 fully saturated rings. The van der Waals surface area contributed by atoms with Crippen LogP contribution in [0.5, 0.6) is 0 Å². The quantitative estimate of drug-likeness (QED) is 0.412. The maximum absolute atomic E-state index is 4.20. The zero-order valence-electron chi connectivity index (χ0n) is 6.12. The third-order valence-corrected chi connectivity index (χ3v) is 1.78. The number of hydrogen-bond acceptors (Lipinski definition) is 2. The van der Waals surface area contributed by atoms with Crippen LogP contribution < -0.4 is 9.73 Å². The van der Waals surface area contributed by atoms with E-state index in [0.29, 0.717) is 5.65 Å². The second kappa shape index (κ2) is 1.82. The Bertz CT molecular complexity index is 534. The molecule has 0 N–H and O–H groups in total. The van der Waals surface area contributed by atoms with Crippen LogP contribution in [0.2, 0.25) is 0 Å². The van der Waals surface area contributed by atoms with Gasteiger partial charge in [0.25, 0.3) is 0 Å². The van der Waals surface area contributed by atoms with Crippen LogP contribution in [0.3, 0.4) is 0 Å². The van der Waals surface area contributed by atoms with Crippen LogP contribution in [-0.4, -0.2) is 14.5 Å². The molecule has 58 valence electrons. The van der Waals surface area contributed by atoms with Crippen LogP contribution in [0, 0.1) is 0 Å². The van der Waals surface area contributed by atoms with Crippen LogP contribution in [0.4, 0.5) is 0 Å². The van der Waals surface area contributed by atoms with Gasteiger partial charge in [-0.25, -0.2) is 0 Å². The lowest BCUT2D eigenvalue weighted by molar-refractivity contribution is -0.674.